The average Bonchev–Trinajstić information content (AvgIpc) is 2.95. The lowest BCUT2D eigenvalue weighted by atomic mass is 10.2. The van der Waals surface area contributed by atoms with Crippen LogP contribution in [0, 0.1) is 0 Å². The molecule has 1 heterocycles. The molecule has 0 fully saturated rings. The van der Waals surface area contributed by atoms with Crippen molar-refractivity contribution in [3.8, 4) is 0 Å². The van der Waals surface area contributed by atoms with E-state index >= 15 is 0 Å². The summed E-state index contributed by atoms with van der Waals surface area (Å²) in [6.07, 6.45) is 0. The van der Waals surface area contributed by atoms with Crippen molar-refractivity contribution in [2.24, 2.45) is 0 Å². The van der Waals surface area contributed by atoms with E-state index in [-0.39, 0.29) is 16.2 Å². The molecule has 0 bridgehead atoms. The van der Waals surface area contributed by atoms with Crippen molar-refractivity contribution in [1.82, 2.24) is 10.2 Å². The van der Waals surface area contributed by atoms with Crippen molar-refractivity contribution >= 4 is 44.0 Å². The van der Waals surface area contributed by atoms with Gasteiger partial charge in [-0.05, 0) is 17.9 Å². The molecule has 0 aliphatic rings. The fourth-order valence-corrected chi connectivity index (χ4v) is 4.42. The molecule has 2 aromatic rings. The topological polar surface area (TPSA) is 89.0 Å². The maximum absolute atomic E-state index is 12.3. The molecule has 2 rings (SSSR count). The second-order valence-corrected chi connectivity index (χ2v) is 8.90. The van der Waals surface area contributed by atoms with Crippen LogP contribution in [-0.4, -0.2) is 36.0 Å². The van der Waals surface area contributed by atoms with Gasteiger partial charge in [-0.3, -0.25) is 10.1 Å². The molecule has 0 radical (unpaired) electrons. The third-order valence-electron chi connectivity index (χ3n) is 2.74. The number of carbonyl (C=O) groups is 1. The lowest BCUT2D eigenvalue weighted by molar-refractivity contribution is 0.102. The second kappa shape index (κ2) is 7.21. The molecule has 1 aromatic carbocycles. The Kier molecular flexibility index (Phi) is 5.54. The number of nitrogens with one attached hydrogen (secondary N) is 1. The summed E-state index contributed by atoms with van der Waals surface area (Å²) in [6, 6.07) is 6.15. The highest BCUT2D eigenvalue weighted by atomic mass is 32.2. The van der Waals surface area contributed by atoms with Crippen LogP contribution in [0.1, 0.15) is 24.2 Å². The summed E-state index contributed by atoms with van der Waals surface area (Å²) in [5.41, 5.74) is 0.115. The quantitative estimate of drug-likeness (QED) is 0.631. The zero-order valence-corrected chi connectivity index (χ0v) is 14.5. The van der Waals surface area contributed by atoms with Crippen molar-refractivity contribution in [2.45, 2.75) is 23.1 Å². The first-order valence-corrected chi connectivity index (χ1v) is 10.0. The van der Waals surface area contributed by atoms with Crippen molar-refractivity contribution in [2.75, 3.05) is 16.8 Å². The highest BCUT2D eigenvalue weighted by Gasteiger charge is 2.21. The van der Waals surface area contributed by atoms with Gasteiger partial charge in [-0.1, -0.05) is 49.1 Å². The van der Waals surface area contributed by atoms with Crippen LogP contribution in [0.5, 0.6) is 0 Å². The van der Waals surface area contributed by atoms with Gasteiger partial charge in [-0.25, -0.2) is 8.42 Å². The minimum Gasteiger partial charge on any atom is -0.296 e. The standard InChI is InChI=1S/C13H15N3O3S3/c1-3-20-13-16-15-12(21-13)14-11(17)9-7-5-6-8-10(9)22(18,19)4-2/h5-8H,3-4H2,1-2H3,(H,14,15,17). The van der Waals surface area contributed by atoms with Crippen LogP contribution in [-0.2, 0) is 9.84 Å². The Hall–Kier alpha value is -1.45. The molecular weight excluding hydrogens is 342 g/mol. The molecule has 0 aliphatic heterocycles. The Balaban J connectivity index is 2.26. The summed E-state index contributed by atoms with van der Waals surface area (Å²) in [6.45, 7) is 3.54. The number of carbonyl (C=O) groups excluding carboxylic acids is 1. The van der Waals surface area contributed by atoms with Crippen molar-refractivity contribution < 1.29 is 13.2 Å². The van der Waals surface area contributed by atoms with Crippen molar-refractivity contribution in [3.63, 3.8) is 0 Å². The minimum absolute atomic E-state index is 0.0303. The van der Waals surface area contributed by atoms with Crippen LogP contribution in [0.3, 0.4) is 0 Å². The molecule has 118 valence electrons. The highest BCUT2D eigenvalue weighted by molar-refractivity contribution is 8.01. The molecule has 0 atom stereocenters. The van der Waals surface area contributed by atoms with E-state index in [9.17, 15) is 13.2 Å². The lowest BCUT2D eigenvalue weighted by Gasteiger charge is -2.08. The first kappa shape index (κ1) is 16.9. The number of amides is 1. The van der Waals surface area contributed by atoms with Gasteiger partial charge in [-0.2, -0.15) is 0 Å². The first-order chi connectivity index (χ1) is 10.5. The number of sulfone groups is 1. The number of hydrogen-bond donors (Lipinski definition) is 1. The molecule has 0 saturated carbocycles. The van der Waals surface area contributed by atoms with E-state index in [1.54, 1.807) is 19.1 Å². The Labute approximate surface area is 137 Å². The van der Waals surface area contributed by atoms with Crippen molar-refractivity contribution in [1.29, 1.82) is 0 Å². The molecule has 0 unspecified atom stereocenters. The van der Waals surface area contributed by atoms with Crippen molar-refractivity contribution in [3.05, 3.63) is 29.8 Å². The molecule has 1 N–H and O–H groups in total. The molecule has 9 heteroatoms. The zero-order chi connectivity index (χ0) is 16.2. The van der Waals surface area contributed by atoms with Crippen LogP contribution in [0.2, 0.25) is 0 Å². The SMILES string of the molecule is CCSc1nnc(NC(=O)c2ccccc2S(=O)(=O)CC)s1. The van der Waals surface area contributed by atoms with Gasteiger partial charge < -0.3 is 0 Å². The minimum atomic E-state index is -3.47. The summed E-state index contributed by atoms with van der Waals surface area (Å²) in [5.74, 6) is 0.296. The number of thioether (sulfide) groups is 1. The van der Waals surface area contributed by atoms with E-state index < -0.39 is 15.7 Å². The maximum atomic E-state index is 12.3. The Morgan fingerprint density at radius 2 is 2.00 bits per heavy atom. The molecule has 0 saturated heterocycles. The highest BCUT2D eigenvalue weighted by Crippen LogP contribution is 2.26. The number of nitrogens with zero attached hydrogens (tertiary/aromatic N) is 2. The van der Waals surface area contributed by atoms with Gasteiger partial charge in [-0.15, -0.1) is 10.2 Å². The van der Waals surface area contributed by atoms with Crippen LogP contribution >= 0.6 is 23.1 Å². The first-order valence-electron chi connectivity index (χ1n) is 6.57. The number of aromatic nitrogens is 2. The zero-order valence-electron chi connectivity index (χ0n) is 12.1. The van der Waals surface area contributed by atoms with Gasteiger partial charge in [0.15, 0.2) is 14.2 Å². The number of anilines is 1. The van der Waals surface area contributed by atoms with E-state index in [1.807, 2.05) is 6.92 Å². The molecule has 1 amide bonds. The summed E-state index contributed by atoms with van der Waals surface area (Å²) in [4.78, 5) is 12.4. The predicted octanol–water partition coefficient (Wildman–Crippen LogP) is 2.70. The van der Waals surface area contributed by atoms with Gasteiger partial charge in [0.05, 0.1) is 16.2 Å². The molecule has 22 heavy (non-hydrogen) atoms. The van der Waals surface area contributed by atoms with E-state index in [0.717, 1.165) is 10.1 Å². The van der Waals surface area contributed by atoms with E-state index in [1.165, 1.54) is 35.2 Å². The van der Waals surface area contributed by atoms with Crippen LogP contribution < -0.4 is 5.32 Å². The fourth-order valence-electron chi connectivity index (χ4n) is 1.69. The third kappa shape index (κ3) is 3.84. The molecular formula is C13H15N3O3S3. The Morgan fingerprint density at radius 3 is 2.68 bits per heavy atom. The maximum Gasteiger partial charge on any atom is 0.258 e. The summed E-state index contributed by atoms with van der Waals surface area (Å²) >= 11 is 2.79. The summed E-state index contributed by atoms with van der Waals surface area (Å²) in [7, 11) is -3.47. The number of benzene rings is 1. The summed E-state index contributed by atoms with van der Waals surface area (Å²) < 4.78 is 24.9. The van der Waals surface area contributed by atoms with Crippen LogP contribution in [0.4, 0.5) is 5.13 Å². The fraction of sp³-hybridized carbons (Fsp3) is 0.308. The van der Waals surface area contributed by atoms with E-state index in [4.69, 9.17) is 0 Å². The normalized spacial score (nSPS) is 11.4. The van der Waals surface area contributed by atoms with E-state index in [2.05, 4.69) is 15.5 Å². The smallest absolute Gasteiger partial charge is 0.258 e. The summed E-state index contributed by atoms with van der Waals surface area (Å²) in [5, 5.41) is 10.8. The number of hydrogen-bond acceptors (Lipinski definition) is 7. The molecule has 0 spiro atoms. The van der Waals surface area contributed by atoms with Crippen LogP contribution in [0.15, 0.2) is 33.5 Å². The Bertz CT molecular complexity index is 772. The molecule has 0 aliphatic carbocycles. The van der Waals surface area contributed by atoms with Gasteiger partial charge in [0.25, 0.3) is 5.91 Å². The average molecular weight is 357 g/mol. The van der Waals surface area contributed by atoms with Gasteiger partial charge >= 0.3 is 0 Å². The molecule has 1 aromatic heterocycles. The predicted molar refractivity (Wildman–Crippen MR) is 88.4 cm³/mol. The van der Waals surface area contributed by atoms with Gasteiger partial charge in [0.2, 0.25) is 5.13 Å². The van der Waals surface area contributed by atoms with Crippen LogP contribution in [0.25, 0.3) is 0 Å². The molecule has 6 nitrogen and oxygen atoms in total. The largest absolute Gasteiger partial charge is 0.296 e. The second-order valence-electron chi connectivity index (χ2n) is 4.16. The monoisotopic (exact) mass is 357 g/mol. The van der Waals surface area contributed by atoms with E-state index in [0.29, 0.717) is 5.13 Å². The lowest BCUT2D eigenvalue weighted by Crippen LogP contribution is -2.17. The Morgan fingerprint density at radius 1 is 1.27 bits per heavy atom. The van der Waals surface area contributed by atoms with Gasteiger partial charge in [0, 0.05) is 0 Å². The number of rotatable bonds is 6. The van der Waals surface area contributed by atoms with Gasteiger partial charge in [0.1, 0.15) is 0 Å². The third-order valence-corrected chi connectivity index (χ3v) is 6.38.